The molecule has 0 amide bonds. The van der Waals surface area contributed by atoms with Crippen LogP contribution in [0.2, 0.25) is 0 Å². The van der Waals surface area contributed by atoms with Gasteiger partial charge in [-0.1, -0.05) is 30.3 Å². The third kappa shape index (κ3) is 4.15. The molecule has 0 spiro atoms. The first-order valence-electron chi connectivity index (χ1n) is 6.97. The number of Topliss-reactive ketones (excluding diaryl/α,β-unsaturated/α-hetero) is 1. The van der Waals surface area contributed by atoms with E-state index in [1.165, 1.54) is 0 Å². The minimum atomic E-state index is -3.09. The lowest BCUT2D eigenvalue weighted by Gasteiger charge is -2.21. The van der Waals surface area contributed by atoms with Crippen LogP contribution in [-0.4, -0.2) is 38.4 Å². The number of carbonyl (C=O) groups is 1. The zero-order chi connectivity index (χ0) is 14.4. The molecule has 1 aliphatic heterocycles. The van der Waals surface area contributed by atoms with Gasteiger partial charge in [0.15, 0.2) is 15.6 Å². The lowest BCUT2D eigenvalue weighted by Crippen LogP contribution is -2.30. The number of hydrogen-bond donors (Lipinski definition) is 0. The Morgan fingerprint density at radius 2 is 1.80 bits per heavy atom. The molecule has 0 radical (unpaired) electrons. The third-order valence-electron chi connectivity index (χ3n) is 3.60. The fraction of sp³-hybridized carbons (Fsp3) is 0.533. The quantitative estimate of drug-likeness (QED) is 0.755. The van der Waals surface area contributed by atoms with Crippen LogP contribution < -0.4 is 0 Å². The van der Waals surface area contributed by atoms with E-state index in [9.17, 15) is 13.2 Å². The Morgan fingerprint density at radius 1 is 1.15 bits per heavy atom. The molecule has 2 rings (SSSR count). The summed E-state index contributed by atoms with van der Waals surface area (Å²) in [6.45, 7) is 1.04. The molecule has 4 nitrogen and oxygen atoms in total. The van der Waals surface area contributed by atoms with E-state index in [4.69, 9.17) is 4.74 Å². The van der Waals surface area contributed by atoms with Crippen LogP contribution in [-0.2, 0) is 14.6 Å². The van der Waals surface area contributed by atoms with Crippen molar-refractivity contribution in [3.8, 4) is 0 Å². The van der Waals surface area contributed by atoms with Crippen molar-refractivity contribution >= 4 is 15.6 Å². The highest BCUT2D eigenvalue weighted by Gasteiger charge is 2.27. The van der Waals surface area contributed by atoms with Gasteiger partial charge in [0.1, 0.15) is 0 Å². The summed E-state index contributed by atoms with van der Waals surface area (Å²) in [5.41, 5.74) is 0.649. The Labute approximate surface area is 120 Å². The van der Waals surface area contributed by atoms with Crippen molar-refractivity contribution in [3.05, 3.63) is 35.9 Å². The molecule has 1 saturated heterocycles. The van der Waals surface area contributed by atoms with E-state index in [0.717, 1.165) is 0 Å². The Hall–Kier alpha value is -1.20. The predicted octanol–water partition coefficient (Wildman–Crippen LogP) is 2.24. The van der Waals surface area contributed by atoms with Crippen molar-refractivity contribution in [2.75, 3.05) is 19.0 Å². The molecule has 5 heteroatoms. The van der Waals surface area contributed by atoms with Gasteiger partial charge in [0.05, 0.1) is 11.0 Å². The highest BCUT2D eigenvalue weighted by atomic mass is 32.2. The summed E-state index contributed by atoms with van der Waals surface area (Å²) >= 11 is 0. The number of ketones is 1. The largest absolute Gasteiger partial charge is 0.381 e. The second kappa shape index (κ2) is 6.99. The maximum absolute atomic E-state index is 12.1. The van der Waals surface area contributed by atoms with Crippen LogP contribution in [0.3, 0.4) is 0 Å². The lowest BCUT2D eigenvalue weighted by molar-refractivity contribution is 0.0974. The lowest BCUT2D eigenvalue weighted by atomic mass is 10.1. The smallest absolute Gasteiger partial charge is 0.162 e. The van der Waals surface area contributed by atoms with Crippen molar-refractivity contribution in [2.24, 2.45) is 0 Å². The van der Waals surface area contributed by atoms with E-state index in [1.54, 1.807) is 12.1 Å². The van der Waals surface area contributed by atoms with E-state index < -0.39 is 9.84 Å². The Kier molecular flexibility index (Phi) is 5.31. The number of hydrogen-bond acceptors (Lipinski definition) is 4. The van der Waals surface area contributed by atoms with Crippen LogP contribution >= 0.6 is 0 Å². The van der Waals surface area contributed by atoms with Crippen LogP contribution in [0.4, 0.5) is 0 Å². The Balaban J connectivity index is 1.81. The molecule has 1 heterocycles. The molecule has 1 fully saturated rings. The van der Waals surface area contributed by atoms with Crippen LogP contribution in [0.5, 0.6) is 0 Å². The summed E-state index contributed by atoms with van der Waals surface area (Å²) in [6.07, 6.45) is 1.84. The van der Waals surface area contributed by atoms with E-state index in [2.05, 4.69) is 0 Å². The monoisotopic (exact) mass is 296 g/mol. The van der Waals surface area contributed by atoms with Gasteiger partial charge in [-0.15, -0.1) is 0 Å². The second-order valence-corrected chi connectivity index (χ2v) is 7.47. The summed E-state index contributed by atoms with van der Waals surface area (Å²) in [5, 5.41) is -0.289. The normalized spacial score (nSPS) is 17.0. The van der Waals surface area contributed by atoms with E-state index >= 15 is 0 Å². The topological polar surface area (TPSA) is 60.4 Å². The summed E-state index contributed by atoms with van der Waals surface area (Å²) in [7, 11) is -3.09. The van der Waals surface area contributed by atoms with Gasteiger partial charge in [0.25, 0.3) is 0 Å². The molecule has 0 bridgehead atoms. The molecular formula is C15H20O4S. The van der Waals surface area contributed by atoms with E-state index in [0.29, 0.717) is 38.0 Å². The molecule has 1 aliphatic rings. The number of carbonyl (C=O) groups excluding carboxylic acids is 1. The van der Waals surface area contributed by atoms with Gasteiger partial charge < -0.3 is 4.74 Å². The van der Waals surface area contributed by atoms with Gasteiger partial charge in [-0.05, 0) is 19.3 Å². The second-order valence-electron chi connectivity index (χ2n) is 5.07. The maximum Gasteiger partial charge on any atom is 0.162 e. The first kappa shape index (κ1) is 15.2. The molecule has 1 aromatic rings. The van der Waals surface area contributed by atoms with Crippen molar-refractivity contribution < 1.29 is 17.9 Å². The van der Waals surface area contributed by atoms with Crippen LogP contribution in [0, 0.1) is 0 Å². The van der Waals surface area contributed by atoms with Gasteiger partial charge >= 0.3 is 0 Å². The zero-order valence-electron chi connectivity index (χ0n) is 11.5. The van der Waals surface area contributed by atoms with Crippen molar-refractivity contribution in [2.45, 2.75) is 30.9 Å². The zero-order valence-corrected chi connectivity index (χ0v) is 12.3. The molecule has 0 aliphatic carbocycles. The van der Waals surface area contributed by atoms with Crippen molar-refractivity contribution in [3.63, 3.8) is 0 Å². The summed E-state index contributed by atoms with van der Waals surface area (Å²) < 4.78 is 29.5. The Morgan fingerprint density at radius 3 is 2.45 bits per heavy atom. The van der Waals surface area contributed by atoms with E-state index in [-0.39, 0.29) is 23.2 Å². The van der Waals surface area contributed by atoms with Crippen LogP contribution in [0.25, 0.3) is 0 Å². The first-order valence-corrected chi connectivity index (χ1v) is 8.69. The minimum absolute atomic E-state index is 0.00720. The summed E-state index contributed by atoms with van der Waals surface area (Å²) in [5.74, 6) is 0.101. The van der Waals surface area contributed by atoms with Gasteiger partial charge in [-0.2, -0.15) is 0 Å². The summed E-state index contributed by atoms with van der Waals surface area (Å²) in [4.78, 5) is 11.9. The SMILES string of the molecule is O=C(CCCS(=O)(=O)C1CCOCC1)c1ccccc1. The molecule has 0 aromatic heterocycles. The maximum atomic E-state index is 12.1. The molecule has 0 atom stereocenters. The van der Waals surface area contributed by atoms with E-state index in [1.807, 2.05) is 18.2 Å². The molecule has 0 N–H and O–H groups in total. The molecule has 110 valence electrons. The molecule has 0 unspecified atom stereocenters. The van der Waals surface area contributed by atoms with Gasteiger partial charge in [-0.25, -0.2) is 8.42 Å². The molecule has 1 aromatic carbocycles. The van der Waals surface area contributed by atoms with Crippen molar-refractivity contribution in [1.82, 2.24) is 0 Å². The average molecular weight is 296 g/mol. The third-order valence-corrected chi connectivity index (χ3v) is 5.95. The fourth-order valence-electron chi connectivity index (χ4n) is 2.40. The van der Waals surface area contributed by atoms with Crippen molar-refractivity contribution in [1.29, 1.82) is 0 Å². The molecule has 20 heavy (non-hydrogen) atoms. The highest BCUT2D eigenvalue weighted by Crippen LogP contribution is 2.18. The highest BCUT2D eigenvalue weighted by molar-refractivity contribution is 7.92. The van der Waals surface area contributed by atoms with Crippen LogP contribution in [0.15, 0.2) is 30.3 Å². The van der Waals surface area contributed by atoms with Gasteiger partial charge in [0.2, 0.25) is 0 Å². The average Bonchev–Trinajstić information content (AvgIpc) is 2.49. The minimum Gasteiger partial charge on any atom is -0.381 e. The van der Waals surface area contributed by atoms with Crippen LogP contribution in [0.1, 0.15) is 36.0 Å². The fourth-order valence-corrected chi connectivity index (χ4v) is 4.19. The molecule has 0 saturated carbocycles. The standard InChI is InChI=1S/C15H20O4S/c16-15(13-5-2-1-3-6-13)7-4-12-20(17,18)14-8-10-19-11-9-14/h1-3,5-6,14H,4,7-12H2. The van der Waals surface area contributed by atoms with Gasteiger partial charge in [-0.3, -0.25) is 4.79 Å². The number of benzene rings is 1. The number of ether oxygens (including phenoxy) is 1. The predicted molar refractivity (Wildman–Crippen MR) is 77.6 cm³/mol. The summed E-state index contributed by atoms with van der Waals surface area (Å²) in [6, 6.07) is 9.00. The van der Waals surface area contributed by atoms with Gasteiger partial charge in [0, 0.05) is 25.2 Å². The number of rotatable bonds is 6. The molecular weight excluding hydrogens is 276 g/mol. The number of sulfone groups is 1. The first-order chi connectivity index (χ1) is 9.59. The Bertz CT molecular complexity index is 530.